The van der Waals surface area contributed by atoms with Crippen LogP contribution < -0.4 is 16.0 Å². The van der Waals surface area contributed by atoms with Gasteiger partial charge in [0.15, 0.2) is 5.96 Å². The minimum absolute atomic E-state index is 0.0487. The first-order chi connectivity index (χ1) is 12.6. The van der Waals surface area contributed by atoms with Gasteiger partial charge in [-0.1, -0.05) is 22.9 Å². The van der Waals surface area contributed by atoms with Crippen molar-refractivity contribution >= 4 is 33.5 Å². The van der Waals surface area contributed by atoms with Crippen LogP contribution in [-0.2, 0) is 17.8 Å². The Bertz CT molecular complexity index is 727. The fourth-order valence-electron chi connectivity index (χ4n) is 2.31. The Labute approximate surface area is 161 Å². The van der Waals surface area contributed by atoms with Gasteiger partial charge in [-0.3, -0.25) is 9.79 Å². The van der Waals surface area contributed by atoms with Gasteiger partial charge in [0.25, 0.3) is 0 Å². The molecule has 140 valence electrons. The maximum atomic E-state index is 12.0. The summed E-state index contributed by atoms with van der Waals surface area (Å²) in [6, 6.07) is 7.48. The minimum atomic E-state index is -0.0487. The Morgan fingerprint density at radius 3 is 2.65 bits per heavy atom. The SMILES string of the molecule is CCc1nncn1CCNC(=NC)NCCC(=O)Nc1ccc(Br)cc1. The monoisotopic (exact) mass is 421 g/mol. The van der Waals surface area contributed by atoms with Gasteiger partial charge < -0.3 is 20.5 Å². The first kappa shape index (κ1) is 19.9. The topological polar surface area (TPSA) is 96.2 Å². The molecule has 0 radical (unpaired) electrons. The normalized spacial score (nSPS) is 11.3. The summed E-state index contributed by atoms with van der Waals surface area (Å²) in [4.78, 5) is 16.1. The summed E-state index contributed by atoms with van der Waals surface area (Å²) >= 11 is 3.37. The number of anilines is 1. The molecule has 2 aromatic rings. The fourth-order valence-corrected chi connectivity index (χ4v) is 2.57. The summed E-state index contributed by atoms with van der Waals surface area (Å²) in [6.07, 6.45) is 2.92. The number of aromatic nitrogens is 3. The van der Waals surface area contributed by atoms with Crippen LogP contribution in [0.1, 0.15) is 19.2 Å². The predicted molar refractivity (Wildman–Crippen MR) is 106 cm³/mol. The van der Waals surface area contributed by atoms with E-state index < -0.39 is 0 Å². The van der Waals surface area contributed by atoms with Gasteiger partial charge in [0.2, 0.25) is 5.91 Å². The van der Waals surface area contributed by atoms with E-state index in [1.165, 1.54) is 0 Å². The average molecular weight is 422 g/mol. The van der Waals surface area contributed by atoms with Gasteiger partial charge in [-0.15, -0.1) is 10.2 Å². The van der Waals surface area contributed by atoms with Crippen molar-refractivity contribution in [2.24, 2.45) is 4.99 Å². The van der Waals surface area contributed by atoms with E-state index >= 15 is 0 Å². The highest BCUT2D eigenvalue weighted by Crippen LogP contribution is 2.14. The van der Waals surface area contributed by atoms with Crippen LogP contribution in [-0.4, -0.2) is 46.8 Å². The van der Waals surface area contributed by atoms with Crippen LogP contribution >= 0.6 is 15.9 Å². The number of aliphatic imine (C=N–C) groups is 1. The first-order valence-electron chi connectivity index (χ1n) is 8.49. The van der Waals surface area contributed by atoms with E-state index in [4.69, 9.17) is 0 Å². The smallest absolute Gasteiger partial charge is 0.226 e. The highest BCUT2D eigenvalue weighted by Gasteiger charge is 2.05. The van der Waals surface area contributed by atoms with Crippen LogP contribution in [0, 0.1) is 0 Å². The molecular weight excluding hydrogens is 398 g/mol. The van der Waals surface area contributed by atoms with E-state index in [0.717, 1.165) is 29.0 Å². The molecule has 8 nitrogen and oxygen atoms in total. The van der Waals surface area contributed by atoms with Crippen molar-refractivity contribution in [3.63, 3.8) is 0 Å². The molecule has 0 spiro atoms. The molecule has 0 atom stereocenters. The number of nitrogens with one attached hydrogen (secondary N) is 3. The van der Waals surface area contributed by atoms with Crippen LogP contribution in [0.25, 0.3) is 0 Å². The van der Waals surface area contributed by atoms with Crippen molar-refractivity contribution in [2.75, 3.05) is 25.5 Å². The number of amides is 1. The van der Waals surface area contributed by atoms with Gasteiger partial charge in [0, 0.05) is 49.7 Å². The lowest BCUT2D eigenvalue weighted by Crippen LogP contribution is -2.40. The van der Waals surface area contributed by atoms with Crippen molar-refractivity contribution in [1.29, 1.82) is 0 Å². The standard InChI is InChI=1S/C17H24BrN7O/c1-3-15-24-22-12-25(15)11-10-21-17(19-2)20-9-8-16(26)23-14-6-4-13(18)5-7-14/h4-7,12H,3,8-11H2,1-2H3,(H,23,26)(H2,19,20,21). The molecule has 1 amide bonds. The molecule has 9 heteroatoms. The maximum absolute atomic E-state index is 12.0. The number of carbonyl (C=O) groups excluding carboxylic acids is 1. The summed E-state index contributed by atoms with van der Waals surface area (Å²) in [5, 5.41) is 17.2. The lowest BCUT2D eigenvalue weighted by Gasteiger charge is -2.12. The molecule has 0 aliphatic rings. The molecule has 3 N–H and O–H groups in total. The zero-order chi connectivity index (χ0) is 18.8. The lowest BCUT2D eigenvalue weighted by atomic mass is 10.3. The van der Waals surface area contributed by atoms with Crippen LogP contribution in [0.2, 0.25) is 0 Å². The number of benzene rings is 1. The maximum Gasteiger partial charge on any atom is 0.226 e. The molecule has 2 rings (SSSR count). The van der Waals surface area contributed by atoms with Gasteiger partial charge in [-0.05, 0) is 24.3 Å². The van der Waals surface area contributed by atoms with Gasteiger partial charge in [-0.25, -0.2) is 0 Å². The number of nitrogens with zero attached hydrogens (tertiary/aromatic N) is 4. The van der Waals surface area contributed by atoms with Gasteiger partial charge in [0.1, 0.15) is 12.2 Å². The highest BCUT2D eigenvalue weighted by molar-refractivity contribution is 9.10. The summed E-state index contributed by atoms with van der Waals surface area (Å²) in [5.41, 5.74) is 0.779. The number of aryl methyl sites for hydroxylation is 1. The van der Waals surface area contributed by atoms with Crippen molar-refractivity contribution in [3.05, 3.63) is 40.9 Å². The number of hydrogen-bond donors (Lipinski definition) is 3. The van der Waals surface area contributed by atoms with E-state index in [1.807, 2.05) is 35.8 Å². The Kier molecular flexibility index (Phi) is 8.07. The molecule has 0 aliphatic heterocycles. The Morgan fingerprint density at radius 1 is 1.23 bits per heavy atom. The summed E-state index contributed by atoms with van der Waals surface area (Å²) < 4.78 is 2.98. The third-order valence-corrected chi connectivity index (χ3v) is 4.18. The quantitative estimate of drug-likeness (QED) is 0.446. The zero-order valence-electron chi connectivity index (χ0n) is 15.0. The second-order valence-electron chi connectivity index (χ2n) is 5.52. The van der Waals surface area contributed by atoms with Gasteiger partial charge >= 0.3 is 0 Å². The Balaban J connectivity index is 1.66. The van der Waals surface area contributed by atoms with Gasteiger partial charge in [0.05, 0.1) is 0 Å². The largest absolute Gasteiger partial charge is 0.356 e. The summed E-state index contributed by atoms with van der Waals surface area (Å²) in [5.74, 6) is 1.57. The molecule has 0 saturated heterocycles. The van der Waals surface area contributed by atoms with Crippen molar-refractivity contribution in [1.82, 2.24) is 25.4 Å². The molecule has 1 heterocycles. The van der Waals surface area contributed by atoms with Crippen molar-refractivity contribution in [3.8, 4) is 0 Å². The number of carbonyl (C=O) groups is 1. The molecule has 0 fully saturated rings. The molecule has 1 aromatic carbocycles. The molecule has 1 aromatic heterocycles. The molecule has 26 heavy (non-hydrogen) atoms. The summed E-state index contributed by atoms with van der Waals surface area (Å²) in [6.45, 7) is 3.99. The van der Waals surface area contributed by atoms with Crippen LogP contribution in [0.4, 0.5) is 5.69 Å². The molecule has 0 bridgehead atoms. The Hall–Kier alpha value is -2.42. The van der Waals surface area contributed by atoms with Crippen LogP contribution in [0.5, 0.6) is 0 Å². The third kappa shape index (κ3) is 6.47. The lowest BCUT2D eigenvalue weighted by molar-refractivity contribution is -0.116. The second-order valence-corrected chi connectivity index (χ2v) is 6.44. The second kappa shape index (κ2) is 10.5. The van der Waals surface area contributed by atoms with Crippen LogP contribution in [0.3, 0.4) is 0 Å². The first-order valence-corrected chi connectivity index (χ1v) is 9.28. The zero-order valence-corrected chi connectivity index (χ0v) is 16.6. The van der Waals surface area contributed by atoms with E-state index in [0.29, 0.717) is 25.5 Å². The predicted octanol–water partition coefficient (Wildman–Crippen LogP) is 1.80. The molecule has 0 saturated carbocycles. The van der Waals surface area contributed by atoms with Crippen molar-refractivity contribution < 1.29 is 4.79 Å². The van der Waals surface area contributed by atoms with E-state index in [9.17, 15) is 4.79 Å². The van der Waals surface area contributed by atoms with Crippen molar-refractivity contribution in [2.45, 2.75) is 26.3 Å². The molecular formula is C17H24BrN7O. The fraction of sp³-hybridized carbons (Fsp3) is 0.412. The highest BCUT2D eigenvalue weighted by atomic mass is 79.9. The number of rotatable bonds is 8. The van der Waals surface area contributed by atoms with E-state index in [2.05, 4.69) is 47.1 Å². The number of guanidine groups is 1. The average Bonchev–Trinajstić information content (AvgIpc) is 3.10. The summed E-state index contributed by atoms with van der Waals surface area (Å²) in [7, 11) is 1.70. The van der Waals surface area contributed by atoms with Gasteiger partial charge in [-0.2, -0.15) is 0 Å². The van der Waals surface area contributed by atoms with E-state index in [1.54, 1.807) is 13.4 Å². The van der Waals surface area contributed by atoms with E-state index in [-0.39, 0.29) is 5.91 Å². The van der Waals surface area contributed by atoms with Crippen LogP contribution in [0.15, 0.2) is 40.1 Å². The minimum Gasteiger partial charge on any atom is -0.356 e. The molecule has 0 unspecified atom stereocenters. The third-order valence-electron chi connectivity index (χ3n) is 3.65. The number of hydrogen-bond acceptors (Lipinski definition) is 4. The number of halogens is 1. The molecule has 0 aliphatic carbocycles. The Morgan fingerprint density at radius 2 is 1.96 bits per heavy atom.